The number of esters is 1. The fourth-order valence-electron chi connectivity index (χ4n) is 3.20. The Balaban J connectivity index is 2.21. The molecule has 3 heterocycles. The van der Waals surface area contributed by atoms with Crippen LogP contribution in [0, 0.1) is 5.92 Å². The maximum atomic E-state index is 12.3. The van der Waals surface area contributed by atoms with Gasteiger partial charge in [0.05, 0.1) is 18.2 Å². The highest BCUT2D eigenvalue weighted by Crippen LogP contribution is 2.35. The summed E-state index contributed by atoms with van der Waals surface area (Å²) in [7, 11) is 0. The van der Waals surface area contributed by atoms with Crippen molar-refractivity contribution in [3.05, 3.63) is 24.0 Å². The van der Waals surface area contributed by atoms with Gasteiger partial charge in [-0.25, -0.2) is 4.98 Å². The molecule has 3 rings (SSSR count). The van der Waals surface area contributed by atoms with Crippen molar-refractivity contribution in [3.8, 4) is 0 Å². The highest BCUT2D eigenvalue weighted by atomic mass is 16.5. The molecule has 0 saturated carbocycles. The third kappa shape index (κ3) is 2.55. The van der Waals surface area contributed by atoms with Crippen molar-refractivity contribution in [3.63, 3.8) is 0 Å². The molecule has 126 valence electrons. The van der Waals surface area contributed by atoms with Crippen LogP contribution < -0.4 is 4.90 Å². The van der Waals surface area contributed by atoms with Crippen LogP contribution in [0.1, 0.15) is 31.1 Å². The summed E-state index contributed by atoms with van der Waals surface area (Å²) in [5.74, 6) is -1.15. The molecule has 1 unspecified atom stereocenters. The number of carbonyl (C=O) groups is 3. The van der Waals surface area contributed by atoms with E-state index in [1.807, 2.05) is 0 Å². The number of hydrogen-bond acceptors (Lipinski definition) is 5. The maximum Gasteiger partial charge on any atom is 0.311 e. The summed E-state index contributed by atoms with van der Waals surface area (Å²) in [4.78, 5) is 42.2. The van der Waals surface area contributed by atoms with E-state index in [4.69, 9.17) is 4.74 Å². The highest BCUT2D eigenvalue weighted by molar-refractivity contribution is 6.05. The van der Waals surface area contributed by atoms with Crippen molar-refractivity contribution < 1.29 is 19.1 Å². The van der Waals surface area contributed by atoms with E-state index in [1.165, 1.54) is 18.4 Å². The summed E-state index contributed by atoms with van der Waals surface area (Å²) in [5.41, 5.74) is 2.00. The van der Waals surface area contributed by atoms with Gasteiger partial charge in [-0.3, -0.25) is 19.0 Å². The first-order chi connectivity index (χ1) is 11.4. The van der Waals surface area contributed by atoms with Crippen molar-refractivity contribution >= 4 is 34.5 Å². The lowest BCUT2D eigenvalue weighted by Gasteiger charge is -2.23. The third-order valence-electron chi connectivity index (χ3n) is 4.24. The largest absolute Gasteiger partial charge is 0.466 e. The number of carbonyl (C=O) groups excluding carboxylic acids is 3. The van der Waals surface area contributed by atoms with Crippen LogP contribution in [-0.4, -0.2) is 40.5 Å². The van der Waals surface area contributed by atoms with Gasteiger partial charge in [0, 0.05) is 38.2 Å². The topological polar surface area (TPSA) is 81.5 Å². The van der Waals surface area contributed by atoms with Crippen LogP contribution >= 0.6 is 0 Å². The molecule has 0 aliphatic carbocycles. The summed E-state index contributed by atoms with van der Waals surface area (Å²) in [6.45, 7) is 5.20. The SMILES string of the molecule is CCOC(=O)C1Cc2cn(C(C)=O)c3nccc(c23)N(C(C)=O)C1. The zero-order valence-electron chi connectivity index (χ0n) is 13.9. The van der Waals surface area contributed by atoms with Gasteiger partial charge in [-0.1, -0.05) is 0 Å². The molecule has 0 saturated heterocycles. The number of nitrogens with zero attached hydrogens (tertiary/aromatic N) is 3. The first-order valence-electron chi connectivity index (χ1n) is 7.88. The summed E-state index contributed by atoms with van der Waals surface area (Å²) in [5, 5.41) is 0.745. The minimum atomic E-state index is -0.479. The zero-order valence-corrected chi connectivity index (χ0v) is 13.9. The molecule has 2 aromatic heterocycles. The van der Waals surface area contributed by atoms with Crippen LogP contribution in [0.25, 0.3) is 11.0 Å². The molecule has 0 bridgehead atoms. The highest BCUT2D eigenvalue weighted by Gasteiger charge is 2.32. The molecule has 24 heavy (non-hydrogen) atoms. The van der Waals surface area contributed by atoms with E-state index in [2.05, 4.69) is 4.98 Å². The first kappa shape index (κ1) is 16.2. The standard InChI is InChI=1S/C17H19N3O4/c1-4-24-17(23)13-7-12-8-20(11(3)22)16-15(12)14(5-6-18-16)19(9-13)10(2)21/h5-6,8,13H,4,7,9H2,1-3H3. The fourth-order valence-corrected chi connectivity index (χ4v) is 3.20. The predicted molar refractivity (Wildman–Crippen MR) is 87.9 cm³/mol. The van der Waals surface area contributed by atoms with E-state index >= 15 is 0 Å². The second-order valence-electron chi connectivity index (χ2n) is 5.85. The minimum absolute atomic E-state index is 0.166. The Hall–Kier alpha value is -2.70. The number of pyridine rings is 1. The average molecular weight is 329 g/mol. The molecule has 0 spiro atoms. The normalized spacial score (nSPS) is 16.8. The summed E-state index contributed by atoms with van der Waals surface area (Å²) >= 11 is 0. The molecule has 0 N–H and O–H groups in total. The molecule has 1 atom stereocenters. The molecule has 2 aromatic rings. The van der Waals surface area contributed by atoms with Crippen molar-refractivity contribution in [2.75, 3.05) is 18.1 Å². The van der Waals surface area contributed by atoms with Crippen LogP contribution in [0.15, 0.2) is 18.5 Å². The van der Waals surface area contributed by atoms with E-state index in [0.29, 0.717) is 17.8 Å². The minimum Gasteiger partial charge on any atom is -0.466 e. The van der Waals surface area contributed by atoms with Crippen LogP contribution in [0.5, 0.6) is 0 Å². The van der Waals surface area contributed by atoms with Gasteiger partial charge in [-0.05, 0) is 25.0 Å². The monoisotopic (exact) mass is 329 g/mol. The zero-order chi connectivity index (χ0) is 17.4. The Labute approximate surface area is 139 Å². The van der Waals surface area contributed by atoms with Crippen molar-refractivity contribution in [2.24, 2.45) is 5.92 Å². The molecule has 1 aliphatic heterocycles. The Morgan fingerprint density at radius 1 is 1.29 bits per heavy atom. The molecular weight excluding hydrogens is 310 g/mol. The molecule has 0 radical (unpaired) electrons. The van der Waals surface area contributed by atoms with Crippen molar-refractivity contribution in [1.82, 2.24) is 9.55 Å². The Morgan fingerprint density at radius 3 is 2.67 bits per heavy atom. The molecule has 7 nitrogen and oxygen atoms in total. The van der Waals surface area contributed by atoms with Crippen LogP contribution in [0.4, 0.5) is 5.69 Å². The van der Waals surface area contributed by atoms with E-state index in [-0.39, 0.29) is 30.9 Å². The first-order valence-corrected chi connectivity index (χ1v) is 7.88. The number of amides is 1. The van der Waals surface area contributed by atoms with Gasteiger partial charge in [0.25, 0.3) is 0 Å². The van der Waals surface area contributed by atoms with Gasteiger partial charge in [0.15, 0.2) is 0 Å². The smallest absolute Gasteiger partial charge is 0.311 e. The summed E-state index contributed by atoms with van der Waals surface area (Å²) in [6, 6.07) is 1.74. The number of rotatable bonds is 2. The number of aromatic nitrogens is 2. The van der Waals surface area contributed by atoms with E-state index in [9.17, 15) is 14.4 Å². The van der Waals surface area contributed by atoms with Crippen LogP contribution in [0.3, 0.4) is 0 Å². The lowest BCUT2D eigenvalue weighted by molar-refractivity contribution is -0.147. The number of hydrogen-bond donors (Lipinski definition) is 0. The van der Waals surface area contributed by atoms with E-state index in [1.54, 1.807) is 30.3 Å². The number of anilines is 1. The molecule has 0 fully saturated rings. The van der Waals surface area contributed by atoms with Gasteiger partial charge >= 0.3 is 5.97 Å². The maximum absolute atomic E-state index is 12.3. The quantitative estimate of drug-likeness (QED) is 0.785. The molecule has 7 heteroatoms. The predicted octanol–water partition coefficient (Wildman–Crippen LogP) is 1.78. The lowest BCUT2D eigenvalue weighted by Crippen LogP contribution is -2.37. The Kier molecular flexibility index (Phi) is 4.09. The van der Waals surface area contributed by atoms with Gasteiger partial charge in [0.1, 0.15) is 5.65 Å². The van der Waals surface area contributed by atoms with E-state index < -0.39 is 5.92 Å². The van der Waals surface area contributed by atoms with Crippen LogP contribution in [0.2, 0.25) is 0 Å². The van der Waals surface area contributed by atoms with Crippen molar-refractivity contribution in [2.45, 2.75) is 27.2 Å². The molecule has 1 aliphatic rings. The van der Waals surface area contributed by atoms with Crippen molar-refractivity contribution in [1.29, 1.82) is 0 Å². The molecule has 1 amide bonds. The Bertz CT molecular complexity index is 840. The Morgan fingerprint density at radius 2 is 2.04 bits per heavy atom. The average Bonchev–Trinajstić information content (AvgIpc) is 2.80. The molecule has 0 aromatic carbocycles. The van der Waals surface area contributed by atoms with Gasteiger partial charge in [-0.2, -0.15) is 0 Å². The van der Waals surface area contributed by atoms with Gasteiger partial charge < -0.3 is 9.64 Å². The summed E-state index contributed by atoms with van der Waals surface area (Å²) < 4.78 is 6.61. The third-order valence-corrected chi connectivity index (χ3v) is 4.24. The van der Waals surface area contributed by atoms with Gasteiger partial charge in [-0.15, -0.1) is 0 Å². The van der Waals surface area contributed by atoms with Crippen LogP contribution in [-0.2, 0) is 20.7 Å². The summed E-state index contributed by atoms with van der Waals surface area (Å²) in [6.07, 6.45) is 3.68. The fraction of sp³-hybridized carbons (Fsp3) is 0.412. The number of ether oxygens (including phenoxy) is 1. The molecular formula is C17H19N3O4. The lowest BCUT2D eigenvalue weighted by atomic mass is 10.0. The van der Waals surface area contributed by atoms with E-state index in [0.717, 1.165) is 10.9 Å². The second-order valence-corrected chi connectivity index (χ2v) is 5.85. The second kappa shape index (κ2) is 6.07. The van der Waals surface area contributed by atoms with Gasteiger partial charge in [0.2, 0.25) is 11.8 Å².